The Labute approximate surface area is 131 Å². The highest BCUT2D eigenvalue weighted by Crippen LogP contribution is 2.44. The summed E-state index contributed by atoms with van der Waals surface area (Å²) < 4.78 is 0. The molecule has 22 heavy (non-hydrogen) atoms. The van der Waals surface area contributed by atoms with Gasteiger partial charge in [-0.25, -0.2) is 0 Å². The van der Waals surface area contributed by atoms with E-state index in [1.165, 1.54) is 19.4 Å². The molecule has 1 aromatic carbocycles. The molecule has 1 aromatic rings. The van der Waals surface area contributed by atoms with Crippen LogP contribution in [0.4, 0.5) is 5.69 Å². The fraction of sp³-hybridized carbons (Fsp3) is 0.611. The summed E-state index contributed by atoms with van der Waals surface area (Å²) in [6.45, 7) is 3.37. The predicted molar refractivity (Wildman–Crippen MR) is 85.3 cm³/mol. The van der Waals surface area contributed by atoms with Gasteiger partial charge in [0.2, 0.25) is 0 Å². The quantitative estimate of drug-likeness (QED) is 0.842. The first kappa shape index (κ1) is 14.2. The van der Waals surface area contributed by atoms with Gasteiger partial charge in [-0.05, 0) is 75.2 Å². The second-order valence-electron chi connectivity index (χ2n) is 7.34. The summed E-state index contributed by atoms with van der Waals surface area (Å²) in [5.74, 6) is 1.23. The summed E-state index contributed by atoms with van der Waals surface area (Å²) in [7, 11) is 0. The number of carbonyl (C=O) groups excluding carboxylic acids is 1. The molecule has 0 aromatic heterocycles. The number of Topliss-reactive ketones (excluding diaryl/α,β-unsaturated/α-hetero) is 1. The molecule has 4 nitrogen and oxygen atoms in total. The van der Waals surface area contributed by atoms with Crippen LogP contribution in [0.1, 0.15) is 48.0 Å². The number of benzene rings is 1. The van der Waals surface area contributed by atoms with E-state index in [0.717, 1.165) is 55.8 Å². The molecule has 1 saturated heterocycles. The van der Waals surface area contributed by atoms with Crippen LogP contribution in [0, 0.1) is 11.3 Å². The number of anilines is 1. The van der Waals surface area contributed by atoms with E-state index in [2.05, 4.69) is 10.4 Å². The van der Waals surface area contributed by atoms with Crippen molar-refractivity contribution in [3.63, 3.8) is 0 Å². The molecule has 1 aliphatic heterocycles. The van der Waals surface area contributed by atoms with Crippen LogP contribution in [0.15, 0.2) is 18.2 Å². The van der Waals surface area contributed by atoms with Crippen molar-refractivity contribution in [2.75, 3.05) is 25.1 Å². The molecule has 2 N–H and O–H groups in total. The maximum Gasteiger partial charge on any atom is 0.169 e. The summed E-state index contributed by atoms with van der Waals surface area (Å²) in [5, 5.41) is 9.08. The summed E-state index contributed by atoms with van der Waals surface area (Å²) in [4.78, 5) is 15.6. The molecule has 3 aliphatic rings. The lowest BCUT2D eigenvalue weighted by atomic mass is 9.65. The Morgan fingerprint density at radius 3 is 2.68 bits per heavy atom. The van der Waals surface area contributed by atoms with Gasteiger partial charge in [0.25, 0.3) is 0 Å². The predicted octanol–water partition coefficient (Wildman–Crippen LogP) is 3.11. The minimum atomic E-state index is -0.152. The first-order valence-corrected chi connectivity index (χ1v) is 8.50. The van der Waals surface area contributed by atoms with Gasteiger partial charge in [0.15, 0.2) is 5.78 Å². The minimum Gasteiger partial charge on any atom is -0.303 e. The van der Waals surface area contributed by atoms with E-state index >= 15 is 0 Å². The molecular weight excluding hydrogens is 276 g/mol. The first-order chi connectivity index (χ1) is 10.7. The number of piperidine rings is 1. The first-order valence-electron chi connectivity index (χ1n) is 8.50. The zero-order valence-corrected chi connectivity index (χ0v) is 13.0. The summed E-state index contributed by atoms with van der Waals surface area (Å²) in [6, 6.07) is 5.62. The average molecular weight is 300 g/mol. The Balaban J connectivity index is 1.52. The summed E-state index contributed by atoms with van der Waals surface area (Å²) in [6.07, 6.45) is 6.75. The van der Waals surface area contributed by atoms with Crippen molar-refractivity contribution in [1.82, 2.24) is 4.90 Å². The third-order valence-electron chi connectivity index (χ3n) is 5.86. The van der Waals surface area contributed by atoms with Gasteiger partial charge in [-0.3, -0.25) is 15.5 Å². The lowest BCUT2D eigenvalue weighted by Gasteiger charge is -2.43. The van der Waals surface area contributed by atoms with E-state index in [4.69, 9.17) is 5.21 Å². The molecule has 118 valence electrons. The molecule has 4 rings (SSSR count). The van der Waals surface area contributed by atoms with E-state index in [1.807, 2.05) is 18.2 Å². The third kappa shape index (κ3) is 2.44. The number of aryl methyl sites for hydroxylation is 1. The highest BCUT2D eigenvalue weighted by molar-refractivity contribution is 6.03. The second-order valence-corrected chi connectivity index (χ2v) is 7.34. The van der Waals surface area contributed by atoms with Crippen molar-refractivity contribution >= 4 is 11.5 Å². The molecule has 2 fully saturated rings. The molecule has 0 atom stereocenters. The van der Waals surface area contributed by atoms with Crippen LogP contribution in [-0.4, -0.2) is 35.5 Å². The number of hydrogen-bond donors (Lipinski definition) is 2. The Morgan fingerprint density at radius 2 is 2.00 bits per heavy atom. The Bertz CT molecular complexity index is 587. The van der Waals surface area contributed by atoms with Crippen LogP contribution in [0.25, 0.3) is 0 Å². The van der Waals surface area contributed by atoms with Crippen LogP contribution >= 0.6 is 0 Å². The number of nitrogens with one attached hydrogen (secondary N) is 1. The van der Waals surface area contributed by atoms with Crippen LogP contribution in [0.2, 0.25) is 0 Å². The second kappa shape index (κ2) is 5.36. The van der Waals surface area contributed by atoms with E-state index in [9.17, 15) is 4.79 Å². The Morgan fingerprint density at radius 1 is 1.23 bits per heavy atom. The average Bonchev–Trinajstić information content (AvgIpc) is 3.37. The number of hydrogen-bond acceptors (Lipinski definition) is 4. The van der Waals surface area contributed by atoms with Gasteiger partial charge in [0.1, 0.15) is 0 Å². The van der Waals surface area contributed by atoms with Crippen LogP contribution < -0.4 is 5.48 Å². The van der Waals surface area contributed by atoms with Crippen molar-refractivity contribution in [2.45, 2.75) is 38.5 Å². The SMILES string of the molecule is O=C1c2cc(NO)ccc2CCC12CCN(CC1CC1)CC2. The van der Waals surface area contributed by atoms with Gasteiger partial charge in [-0.1, -0.05) is 6.07 Å². The summed E-state index contributed by atoms with van der Waals surface area (Å²) >= 11 is 0. The van der Waals surface area contributed by atoms with Crippen molar-refractivity contribution in [3.05, 3.63) is 29.3 Å². The number of ketones is 1. The van der Waals surface area contributed by atoms with E-state index < -0.39 is 0 Å². The highest BCUT2D eigenvalue weighted by atomic mass is 16.5. The fourth-order valence-electron chi connectivity index (χ4n) is 4.15. The van der Waals surface area contributed by atoms with Gasteiger partial charge in [0.05, 0.1) is 5.69 Å². The zero-order chi connectivity index (χ0) is 15.2. The lowest BCUT2D eigenvalue weighted by molar-refractivity contribution is 0.0534. The molecule has 1 heterocycles. The monoisotopic (exact) mass is 300 g/mol. The van der Waals surface area contributed by atoms with Gasteiger partial charge >= 0.3 is 0 Å². The zero-order valence-electron chi connectivity index (χ0n) is 13.0. The molecule has 0 unspecified atom stereocenters. The van der Waals surface area contributed by atoms with E-state index in [0.29, 0.717) is 11.5 Å². The number of fused-ring (bicyclic) bond motifs is 1. The van der Waals surface area contributed by atoms with Gasteiger partial charge < -0.3 is 4.90 Å². The standard InChI is InChI=1S/C18H24N2O2/c21-17-16-11-15(19-22)4-3-14(16)5-6-18(17)7-9-20(10-8-18)12-13-1-2-13/h3-4,11,13,19,22H,1-2,5-10,12H2. The van der Waals surface area contributed by atoms with Crippen molar-refractivity contribution in [3.8, 4) is 0 Å². The number of likely N-dealkylation sites (tertiary alicyclic amines) is 1. The molecular formula is C18H24N2O2. The fourth-order valence-corrected chi connectivity index (χ4v) is 4.15. The molecule has 1 spiro atoms. The third-order valence-corrected chi connectivity index (χ3v) is 5.86. The van der Waals surface area contributed by atoms with Gasteiger partial charge in [-0.15, -0.1) is 0 Å². The topological polar surface area (TPSA) is 52.6 Å². The number of carbonyl (C=O) groups is 1. The Kier molecular flexibility index (Phi) is 3.46. The van der Waals surface area contributed by atoms with Crippen LogP contribution in [-0.2, 0) is 6.42 Å². The minimum absolute atomic E-state index is 0.152. The van der Waals surface area contributed by atoms with Gasteiger partial charge in [-0.2, -0.15) is 0 Å². The van der Waals surface area contributed by atoms with E-state index in [-0.39, 0.29) is 5.41 Å². The summed E-state index contributed by atoms with van der Waals surface area (Å²) in [5.41, 5.74) is 4.57. The number of nitrogens with zero attached hydrogens (tertiary/aromatic N) is 1. The Hall–Kier alpha value is -1.39. The maximum atomic E-state index is 13.1. The lowest BCUT2D eigenvalue weighted by Crippen LogP contribution is -2.46. The van der Waals surface area contributed by atoms with Crippen LogP contribution in [0.3, 0.4) is 0 Å². The van der Waals surface area contributed by atoms with Gasteiger partial charge in [0, 0.05) is 17.5 Å². The molecule has 4 heteroatoms. The van der Waals surface area contributed by atoms with E-state index in [1.54, 1.807) is 0 Å². The van der Waals surface area contributed by atoms with Crippen molar-refractivity contribution < 1.29 is 10.0 Å². The molecule has 0 radical (unpaired) electrons. The molecule has 2 aliphatic carbocycles. The maximum absolute atomic E-state index is 13.1. The highest BCUT2D eigenvalue weighted by Gasteiger charge is 2.44. The van der Waals surface area contributed by atoms with Crippen LogP contribution in [0.5, 0.6) is 0 Å². The number of rotatable bonds is 3. The largest absolute Gasteiger partial charge is 0.303 e. The molecule has 0 bridgehead atoms. The smallest absolute Gasteiger partial charge is 0.169 e. The molecule has 0 amide bonds. The van der Waals surface area contributed by atoms with Crippen molar-refractivity contribution in [2.24, 2.45) is 11.3 Å². The normalized spacial score (nSPS) is 24.3. The molecule has 1 saturated carbocycles. The van der Waals surface area contributed by atoms with Crippen molar-refractivity contribution in [1.29, 1.82) is 0 Å².